The molecule has 3 amide bonds. The molecule has 1 aromatic heterocycles. The van der Waals surface area contributed by atoms with Crippen molar-refractivity contribution >= 4 is 29.4 Å². The Morgan fingerprint density at radius 3 is 2.20 bits per heavy atom. The Hall–Kier alpha value is -3.92. The minimum atomic E-state index is -0.704. The number of amides is 3. The number of carbonyl (C=O) groups excluding carboxylic acids is 3. The van der Waals surface area contributed by atoms with Crippen LogP contribution in [0, 0.1) is 5.82 Å². The lowest BCUT2D eigenvalue weighted by molar-refractivity contribution is 0.00946. The molecule has 0 spiro atoms. The van der Waals surface area contributed by atoms with Crippen molar-refractivity contribution in [3.05, 3.63) is 81.8 Å². The second-order valence-electron chi connectivity index (χ2n) is 13.5. The van der Waals surface area contributed by atoms with Crippen molar-refractivity contribution in [3.63, 3.8) is 0 Å². The number of ether oxygens (including phenoxy) is 2. The zero-order valence-electron chi connectivity index (χ0n) is 26.9. The fourth-order valence-corrected chi connectivity index (χ4v) is 6.65. The van der Waals surface area contributed by atoms with E-state index >= 15 is 4.39 Å². The van der Waals surface area contributed by atoms with E-state index in [0.29, 0.717) is 37.8 Å². The quantitative estimate of drug-likeness (QED) is 0.261. The molecule has 3 N–H and O–H groups in total. The van der Waals surface area contributed by atoms with E-state index in [1.807, 2.05) is 88.2 Å². The SMILES string of the molecule is CC(C)(C)OC(=O)NC1CCC(N(CC(c2ccccc2)c2cc(-c3c(F)cccc3C(N)=O)cs2)C(=O)OC(C)(C)C)CC1. The smallest absolute Gasteiger partial charge is 0.410 e. The molecule has 10 heteroatoms. The molecule has 45 heavy (non-hydrogen) atoms. The highest BCUT2D eigenvalue weighted by Gasteiger charge is 2.35. The lowest BCUT2D eigenvalue weighted by atomic mass is 9.88. The van der Waals surface area contributed by atoms with Gasteiger partial charge in [-0.2, -0.15) is 0 Å². The molecular formula is C35H44FN3O5S. The standard InChI is InChI=1S/C35H44FN3O5S/c1-34(2,3)43-32(41)38-24-15-17-25(18-16-24)39(33(42)44-35(4,5)6)20-27(22-11-8-7-9-12-22)29-19-23(21-45-29)30-26(31(37)40)13-10-14-28(30)36/h7-14,19,21,24-25,27H,15-18,20H2,1-6H3,(H2,37,40)(H,38,41). The van der Waals surface area contributed by atoms with E-state index in [9.17, 15) is 14.4 Å². The minimum Gasteiger partial charge on any atom is -0.444 e. The number of nitrogens with zero attached hydrogens (tertiary/aromatic N) is 1. The Bertz CT molecular complexity index is 1490. The highest BCUT2D eigenvalue weighted by molar-refractivity contribution is 7.10. The van der Waals surface area contributed by atoms with Crippen LogP contribution >= 0.6 is 11.3 Å². The van der Waals surface area contributed by atoms with Gasteiger partial charge in [-0.3, -0.25) is 4.79 Å². The van der Waals surface area contributed by atoms with Crippen LogP contribution in [0.3, 0.4) is 0 Å². The summed E-state index contributed by atoms with van der Waals surface area (Å²) in [6.45, 7) is 11.3. The Labute approximate surface area is 269 Å². The third-order valence-corrected chi connectivity index (χ3v) is 8.64. The van der Waals surface area contributed by atoms with Gasteiger partial charge in [0.15, 0.2) is 0 Å². The first kappa shape index (κ1) is 34.0. The van der Waals surface area contributed by atoms with Gasteiger partial charge >= 0.3 is 12.2 Å². The number of nitrogens with two attached hydrogens (primary N) is 1. The van der Waals surface area contributed by atoms with Gasteiger partial charge in [0.2, 0.25) is 5.91 Å². The summed E-state index contributed by atoms with van der Waals surface area (Å²) in [5.74, 6) is -1.48. The van der Waals surface area contributed by atoms with E-state index in [0.717, 1.165) is 10.4 Å². The van der Waals surface area contributed by atoms with Gasteiger partial charge in [0.05, 0.1) is 0 Å². The fraction of sp³-hybridized carbons (Fsp3) is 0.457. The lowest BCUT2D eigenvalue weighted by Gasteiger charge is -2.39. The van der Waals surface area contributed by atoms with Crippen molar-refractivity contribution < 1.29 is 28.2 Å². The molecule has 0 radical (unpaired) electrons. The van der Waals surface area contributed by atoms with E-state index in [1.165, 1.54) is 29.5 Å². The number of nitrogens with one attached hydrogen (secondary N) is 1. The first-order valence-electron chi connectivity index (χ1n) is 15.3. The van der Waals surface area contributed by atoms with Crippen LogP contribution in [0.25, 0.3) is 11.1 Å². The number of primary amides is 1. The molecule has 4 rings (SSSR count). The molecule has 1 fully saturated rings. The molecule has 1 saturated carbocycles. The van der Waals surface area contributed by atoms with E-state index in [2.05, 4.69) is 5.32 Å². The molecule has 2 aromatic carbocycles. The van der Waals surface area contributed by atoms with Crippen LogP contribution < -0.4 is 11.1 Å². The summed E-state index contributed by atoms with van der Waals surface area (Å²) in [5.41, 5.74) is 6.13. The summed E-state index contributed by atoms with van der Waals surface area (Å²) in [6, 6.07) is 15.9. The van der Waals surface area contributed by atoms with Crippen LogP contribution in [-0.2, 0) is 9.47 Å². The molecule has 1 aliphatic carbocycles. The minimum absolute atomic E-state index is 0.0541. The van der Waals surface area contributed by atoms with Gasteiger partial charge in [-0.25, -0.2) is 14.0 Å². The van der Waals surface area contributed by atoms with Gasteiger partial charge in [0.1, 0.15) is 17.0 Å². The molecule has 0 bridgehead atoms. The number of carbonyl (C=O) groups is 3. The summed E-state index contributed by atoms with van der Waals surface area (Å²) >= 11 is 1.44. The maximum absolute atomic E-state index is 15.0. The molecule has 1 heterocycles. The van der Waals surface area contributed by atoms with Crippen LogP contribution in [0.4, 0.5) is 14.0 Å². The summed E-state index contributed by atoms with van der Waals surface area (Å²) in [7, 11) is 0. The number of benzene rings is 2. The molecule has 8 nitrogen and oxygen atoms in total. The first-order chi connectivity index (χ1) is 21.1. The van der Waals surface area contributed by atoms with Gasteiger partial charge in [-0.15, -0.1) is 11.3 Å². The Kier molecular flexibility index (Phi) is 10.6. The van der Waals surface area contributed by atoms with Crippen LogP contribution in [0.15, 0.2) is 60.0 Å². The highest BCUT2D eigenvalue weighted by Crippen LogP contribution is 2.38. The van der Waals surface area contributed by atoms with Crippen LogP contribution in [-0.4, -0.2) is 52.8 Å². The fourth-order valence-electron chi connectivity index (χ4n) is 5.63. The number of rotatable bonds is 8. The summed E-state index contributed by atoms with van der Waals surface area (Å²) in [5, 5.41) is 4.79. The number of alkyl carbamates (subject to hydrolysis) is 1. The zero-order valence-corrected chi connectivity index (χ0v) is 27.7. The molecule has 1 atom stereocenters. The first-order valence-corrected chi connectivity index (χ1v) is 16.2. The summed E-state index contributed by atoms with van der Waals surface area (Å²) < 4.78 is 26.4. The van der Waals surface area contributed by atoms with Crippen molar-refractivity contribution in [1.29, 1.82) is 0 Å². The monoisotopic (exact) mass is 637 g/mol. The molecular weight excluding hydrogens is 593 g/mol. The number of halogens is 1. The van der Waals surface area contributed by atoms with Gasteiger partial charge in [-0.05, 0) is 102 Å². The summed E-state index contributed by atoms with van der Waals surface area (Å²) in [6.07, 6.45) is 1.87. The number of hydrogen-bond acceptors (Lipinski definition) is 6. The largest absolute Gasteiger partial charge is 0.444 e. The van der Waals surface area contributed by atoms with Crippen molar-refractivity contribution in [1.82, 2.24) is 10.2 Å². The Morgan fingerprint density at radius 2 is 1.60 bits per heavy atom. The maximum atomic E-state index is 15.0. The molecule has 1 unspecified atom stereocenters. The average molecular weight is 638 g/mol. The summed E-state index contributed by atoms with van der Waals surface area (Å²) in [4.78, 5) is 41.0. The van der Waals surface area contributed by atoms with E-state index < -0.39 is 35.1 Å². The molecule has 242 valence electrons. The topological polar surface area (TPSA) is 111 Å². The third kappa shape index (κ3) is 9.29. The maximum Gasteiger partial charge on any atom is 0.410 e. The number of thiophene rings is 1. The predicted octanol–water partition coefficient (Wildman–Crippen LogP) is 7.86. The van der Waals surface area contributed by atoms with Crippen LogP contribution in [0.2, 0.25) is 0 Å². The van der Waals surface area contributed by atoms with E-state index in [1.54, 1.807) is 0 Å². The van der Waals surface area contributed by atoms with Crippen molar-refractivity contribution in [2.75, 3.05) is 6.54 Å². The second-order valence-corrected chi connectivity index (χ2v) is 14.5. The van der Waals surface area contributed by atoms with Gasteiger partial charge in [0.25, 0.3) is 0 Å². The molecule has 0 aliphatic heterocycles. The van der Waals surface area contributed by atoms with Crippen LogP contribution in [0.1, 0.15) is 93.9 Å². The molecule has 0 saturated heterocycles. The van der Waals surface area contributed by atoms with Crippen molar-refractivity contribution in [2.24, 2.45) is 5.73 Å². The number of hydrogen-bond donors (Lipinski definition) is 2. The Balaban J connectivity index is 1.63. The van der Waals surface area contributed by atoms with Crippen molar-refractivity contribution in [2.45, 2.75) is 96.4 Å². The molecule has 3 aromatic rings. The van der Waals surface area contributed by atoms with Crippen molar-refractivity contribution in [3.8, 4) is 11.1 Å². The van der Waals surface area contributed by atoms with Gasteiger partial charge in [0, 0.05) is 40.6 Å². The van der Waals surface area contributed by atoms with E-state index in [4.69, 9.17) is 15.2 Å². The Morgan fingerprint density at radius 1 is 0.956 bits per heavy atom. The normalized spacial score (nSPS) is 17.7. The third-order valence-electron chi connectivity index (χ3n) is 7.60. The van der Waals surface area contributed by atoms with Crippen LogP contribution in [0.5, 0.6) is 0 Å². The van der Waals surface area contributed by atoms with E-state index in [-0.39, 0.29) is 29.1 Å². The second kappa shape index (κ2) is 14.0. The van der Waals surface area contributed by atoms with Gasteiger partial charge < -0.3 is 25.4 Å². The highest BCUT2D eigenvalue weighted by atomic mass is 32.1. The molecule has 1 aliphatic rings. The average Bonchev–Trinajstić information content (AvgIpc) is 3.42. The predicted molar refractivity (Wildman–Crippen MR) is 175 cm³/mol. The lowest BCUT2D eigenvalue weighted by Crippen LogP contribution is -2.49. The zero-order chi connectivity index (χ0) is 32.9. The van der Waals surface area contributed by atoms with Gasteiger partial charge in [-0.1, -0.05) is 36.4 Å².